The summed E-state index contributed by atoms with van der Waals surface area (Å²) in [6.45, 7) is 4.80. The fourth-order valence-electron chi connectivity index (χ4n) is 2.10. The zero-order valence-corrected chi connectivity index (χ0v) is 12.8. The lowest BCUT2D eigenvalue weighted by molar-refractivity contribution is -0.147. The molecule has 1 saturated heterocycles. The Hall–Kier alpha value is -1.79. The van der Waals surface area contributed by atoms with Gasteiger partial charge in [0, 0.05) is 19.6 Å². The van der Waals surface area contributed by atoms with E-state index in [9.17, 15) is 14.4 Å². The minimum Gasteiger partial charge on any atom is -0.481 e. The van der Waals surface area contributed by atoms with Crippen LogP contribution in [0.1, 0.15) is 39.5 Å². The Morgan fingerprint density at radius 1 is 1.14 bits per heavy atom. The number of carbonyl (C=O) groups is 3. The van der Waals surface area contributed by atoms with Gasteiger partial charge in [0.2, 0.25) is 5.91 Å². The van der Waals surface area contributed by atoms with E-state index in [0.717, 1.165) is 32.4 Å². The molecule has 0 aromatic heterocycles. The molecule has 1 atom stereocenters. The van der Waals surface area contributed by atoms with Crippen LogP contribution in [-0.4, -0.2) is 54.1 Å². The first-order valence-corrected chi connectivity index (χ1v) is 7.42. The number of piperidine rings is 1. The molecule has 1 heterocycles. The lowest BCUT2D eigenvalue weighted by atomic mass is 9.88. The van der Waals surface area contributed by atoms with E-state index in [-0.39, 0.29) is 19.0 Å². The number of carboxylic acid groups (broad SMARTS) is 1. The molecule has 3 N–H and O–H groups in total. The first kappa shape index (κ1) is 17.3. The molecule has 0 bridgehead atoms. The van der Waals surface area contributed by atoms with E-state index in [1.165, 1.54) is 0 Å². The zero-order chi connectivity index (χ0) is 15.9. The third kappa shape index (κ3) is 5.24. The Labute approximate surface area is 125 Å². The number of rotatable bonds is 6. The van der Waals surface area contributed by atoms with Gasteiger partial charge in [0.05, 0.1) is 12.0 Å². The molecular formula is C14H25N3O4. The summed E-state index contributed by atoms with van der Waals surface area (Å²) in [6.07, 6.45) is 3.56. The number of hydrogen-bond acceptors (Lipinski definition) is 3. The number of nitrogens with one attached hydrogen (secondary N) is 2. The lowest BCUT2D eigenvalue weighted by Gasteiger charge is -2.27. The van der Waals surface area contributed by atoms with Gasteiger partial charge < -0.3 is 20.6 Å². The van der Waals surface area contributed by atoms with Crippen molar-refractivity contribution >= 4 is 17.9 Å². The Balaban J connectivity index is 2.30. The second-order valence-electron chi connectivity index (χ2n) is 5.70. The lowest BCUT2D eigenvalue weighted by Crippen LogP contribution is -2.48. The van der Waals surface area contributed by atoms with Crippen molar-refractivity contribution in [3.05, 3.63) is 0 Å². The quantitative estimate of drug-likeness (QED) is 0.675. The van der Waals surface area contributed by atoms with Gasteiger partial charge in [-0.3, -0.25) is 9.59 Å². The Morgan fingerprint density at radius 2 is 1.76 bits per heavy atom. The number of carbonyl (C=O) groups excluding carboxylic acids is 2. The molecule has 0 aliphatic carbocycles. The van der Waals surface area contributed by atoms with Crippen molar-refractivity contribution in [1.82, 2.24) is 15.5 Å². The van der Waals surface area contributed by atoms with Gasteiger partial charge in [0.1, 0.15) is 0 Å². The normalized spacial score (nSPS) is 17.7. The zero-order valence-electron chi connectivity index (χ0n) is 12.8. The molecule has 0 aromatic carbocycles. The van der Waals surface area contributed by atoms with Crippen LogP contribution >= 0.6 is 0 Å². The third-order valence-electron chi connectivity index (χ3n) is 4.04. The summed E-state index contributed by atoms with van der Waals surface area (Å²) in [6, 6.07) is -0.513. The van der Waals surface area contributed by atoms with Crippen molar-refractivity contribution in [2.24, 2.45) is 5.41 Å². The van der Waals surface area contributed by atoms with Gasteiger partial charge in [-0.25, -0.2) is 4.79 Å². The van der Waals surface area contributed by atoms with Gasteiger partial charge >= 0.3 is 12.0 Å². The average molecular weight is 299 g/mol. The van der Waals surface area contributed by atoms with Crippen molar-refractivity contribution < 1.29 is 19.5 Å². The molecule has 7 nitrogen and oxygen atoms in total. The summed E-state index contributed by atoms with van der Waals surface area (Å²) in [7, 11) is 0. The van der Waals surface area contributed by atoms with E-state index in [1.54, 1.807) is 18.7 Å². The van der Waals surface area contributed by atoms with E-state index in [1.807, 2.05) is 0 Å². The smallest absolute Gasteiger partial charge is 0.315 e. The summed E-state index contributed by atoms with van der Waals surface area (Å²) in [4.78, 5) is 36.3. The molecule has 1 unspecified atom stereocenters. The third-order valence-corrected chi connectivity index (χ3v) is 4.04. The summed E-state index contributed by atoms with van der Waals surface area (Å²) >= 11 is 0. The molecule has 21 heavy (non-hydrogen) atoms. The van der Waals surface area contributed by atoms with E-state index < -0.39 is 17.4 Å². The number of hydrogen-bond donors (Lipinski definition) is 3. The highest BCUT2D eigenvalue weighted by Crippen LogP contribution is 2.19. The molecule has 0 spiro atoms. The number of likely N-dealkylation sites (tertiary alicyclic amines) is 1. The van der Waals surface area contributed by atoms with E-state index in [2.05, 4.69) is 10.6 Å². The van der Waals surface area contributed by atoms with Crippen LogP contribution < -0.4 is 10.6 Å². The monoisotopic (exact) mass is 299 g/mol. The number of urea groups is 1. The van der Waals surface area contributed by atoms with Gasteiger partial charge in [-0.2, -0.15) is 0 Å². The molecular weight excluding hydrogens is 274 g/mol. The highest BCUT2D eigenvalue weighted by atomic mass is 16.4. The van der Waals surface area contributed by atoms with Gasteiger partial charge in [0.15, 0.2) is 0 Å². The fraction of sp³-hybridized carbons (Fsp3) is 0.786. The molecule has 7 heteroatoms. The molecule has 120 valence electrons. The number of amides is 3. The van der Waals surface area contributed by atoms with Crippen LogP contribution in [-0.2, 0) is 9.59 Å². The van der Waals surface area contributed by atoms with Crippen LogP contribution in [0.5, 0.6) is 0 Å². The minimum atomic E-state index is -0.992. The van der Waals surface area contributed by atoms with Crippen molar-refractivity contribution in [3.63, 3.8) is 0 Å². The Morgan fingerprint density at radius 3 is 2.29 bits per heavy atom. The standard InChI is InChI=1S/C14H25N3O4/c1-3-14(2,12(19)20)10-16-13(21)15-9-11(18)17-7-5-4-6-8-17/h3-10H2,1-2H3,(H,19,20)(H2,15,16,21). The molecule has 3 amide bonds. The first-order chi connectivity index (χ1) is 9.89. The summed E-state index contributed by atoms with van der Waals surface area (Å²) in [5.74, 6) is -1.05. The molecule has 0 saturated carbocycles. The van der Waals surface area contributed by atoms with Crippen LogP contribution in [0.4, 0.5) is 4.79 Å². The molecule has 1 aliphatic rings. The van der Waals surface area contributed by atoms with E-state index in [0.29, 0.717) is 6.42 Å². The maximum atomic E-state index is 11.9. The molecule has 1 fully saturated rings. The van der Waals surface area contributed by atoms with Crippen molar-refractivity contribution in [2.75, 3.05) is 26.2 Å². The SMILES string of the molecule is CCC(C)(CNC(=O)NCC(=O)N1CCCCC1)C(=O)O. The summed E-state index contributed by atoms with van der Waals surface area (Å²) in [5.41, 5.74) is -0.992. The molecule has 1 aliphatic heterocycles. The van der Waals surface area contributed by atoms with Gasteiger partial charge in [-0.15, -0.1) is 0 Å². The highest BCUT2D eigenvalue weighted by Gasteiger charge is 2.31. The van der Waals surface area contributed by atoms with Crippen molar-refractivity contribution in [1.29, 1.82) is 0 Å². The van der Waals surface area contributed by atoms with Gasteiger partial charge in [-0.05, 0) is 32.6 Å². The van der Waals surface area contributed by atoms with Crippen molar-refractivity contribution in [3.8, 4) is 0 Å². The largest absolute Gasteiger partial charge is 0.481 e. The summed E-state index contributed by atoms with van der Waals surface area (Å²) in [5, 5.41) is 14.1. The predicted molar refractivity (Wildman–Crippen MR) is 77.9 cm³/mol. The maximum Gasteiger partial charge on any atom is 0.315 e. The maximum absolute atomic E-state index is 11.9. The van der Waals surface area contributed by atoms with Crippen LogP contribution in [0.3, 0.4) is 0 Å². The van der Waals surface area contributed by atoms with E-state index in [4.69, 9.17) is 5.11 Å². The second kappa shape index (κ2) is 7.85. The van der Waals surface area contributed by atoms with Gasteiger partial charge in [-0.1, -0.05) is 6.92 Å². The second-order valence-corrected chi connectivity index (χ2v) is 5.70. The predicted octanol–water partition coefficient (Wildman–Crippen LogP) is 0.799. The van der Waals surface area contributed by atoms with Crippen LogP contribution in [0.2, 0.25) is 0 Å². The van der Waals surface area contributed by atoms with Crippen LogP contribution in [0.15, 0.2) is 0 Å². The molecule has 1 rings (SSSR count). The first-order valence-electron chi connectivity index (χ1n) is 7.42. The van der Waals surface area contributed by atoms with Gasteiger partial charge in [0.25, 0.3) is 0 Å². The average Bonchev–Trinajstić information content (AvgIpc) is 2.50. The highest BCUT2D eigenvalue weighted by molar-refractivity contribution is 5.84. The Bertz CT molecular complexity index is 394. The summed E-state index contributed by atoms with van der Waals surface area (Å²) < 4.78 is 0. The molecule has 0 aromatic rings. The minimum absolute atomic E-state index is 0.0303. The molecule has 0 radical (unpaired) electrons. The number of nitrogens with zero attached hydrogens (tertiary/aromatic N) is 1. The Kier molecular flexibility index (Phi) is 6.45. The van der Waals surface area contributed by atoms with Crippen LogP contribution in [0.25, 0.3) is 0 Å². The number of carboxylic acids is 1. The number of aliphatic carboxylic acids is 1. The topological polar surface area (TPSA) is 98.7 Å². The van der Waals surface area contributed by atoms with Crippen molar-refractivity contribution in [2.45, 2.75) is 39.5 Å². The van der Waals surface area contributed by atoms with E-state index >= 15 is 0 Å². The van der Waals surface area contributed by atoms with Crippen LogP contribution in [0, 0.1) is 5.41 Å². The fourth-order valence-corrected chi connectivity index (χ4v) is 2.10.